The third-order valence-electron chi connectivity index (χ3n) is 3.72. The molecule has 0 radical (unpaired) electrons. The molecule has 100 valence electrons. The molecule has 19 heavy (non-hydrogen) atoms. The van der Waals surface area contributed by atoms with E-state index in [2.05, 4.69) is 32.0 Å². The van der Waals surface area contributed by atoms with E-state index in [4.69, 9.17) is 0 Å². The largest absolute Gasteiger partial charge is 0.507 e. The first-order valence-electron chi connectivity index (χ1n) is 7.15. The van der Waals surface area contributed by atoms with Crippen molar-refractivity contribution >= 4 is 0 Å². The van der Waals surface area contributed by atoms with E-state index < -0.39 is 0 Å². The van der Waals surface area contributed by atoms with Crippen molar-refractivity contribution in [1.82, 2.24) is 0 Å². The minimum absolute atomic E-state index is 0.362. The molecule has 0 spiro atoms. The number of hydrogen-bond donors (Lipinski definition) is 1. The van der Waals surface area contributed by atoms with E-state index >= 15 is 0 Å². The standard InChI is InChI=1S/C18H22O/c1-3-9-14(4-2)15-10-5-6-11-16(15)17-12-7-8-13-18(17)19/h5-8,10-14,19H,3-4,9H2,1-2H3. The highest BCUT2D eigenvalue weighted by atomic mass is 16.3. The first kappa shape index (κ1) is 13.7. The lowest BCUT2D eigenvalue weighted by Gasteiger charge is -2.19. The van der Waals surface area contributed by atoms with Crippen molar-refractivity contribution in [2.45, 2.75) is 39.0 Å². The van der Waals surface area contributed by atoms with Crippen molar-refractivity contribution in [3.8, 4) is 16.9 Å². The number of phenolic OH excluding ortho intramolecular Hbond substituents is 1. The Morgan fingerprint density at radius 2 is 1.53 bits per heavy atom. The SMILES string of the molecule is CCCC(CC)c1ccccc1-c1ccccc1O. The van der Waals surface area contributed by atoms with Crippen molar-refractivity contribution in [3.05, 3.63) is 54.1 Å². The van der Waals surface area contributed by atoms with Gasteiger partial charge >= 0.3 is 0 Å². The minimum Gasteiger partial charge on any atom is -0.507 e. The Labute approximate surface area is 115 Å². The van der Waals surface area contributed by atoms with E-state index in [9.17, 15) is 5.11 Å². The summed E-state index contributed by atoms with van der Waals surface area (Å²) >= 11 is 0. The molecule has 1 N–H and O–H groups in total. The predicted molar refractivity (Wildman–Crippen MR) is 81.5 cm³/mol. The van der Waals surface area contributed by atoms with Crippen LogP contribution in [0.5, 0.6) is 5.75 Å². The quantitative estimate of drug-likeness (QED) is 0.762. The van der Waals surface area contributed by atoms with Crippen LogP contribution in [0.3, 0.4) is 0 Å². The molecule has 0 fully saturated rings. The predicted octanol–water partition coefficient (Wildman–Crippen LogP) is 5.35. The summed E-state index contributed by atoms with van der Waals surface area (Å²) in [6, 6.07) is 16.0. The fraction of sp³-hybridized carbons (Fsp3) is 0.333. The molecule has 0 saturated carbocycles. The van der Waals surface area contributed by atoms with Crippen molar-refractivity contribution in [2.75, 3.05) is 0 Å². The Morgan fingerprint density at radius 3 is 2.16 bits per heavy atom. The Balaban J connectivity index is 2.49. The highest BCUT2D eigenvalue weighted by Gasteiger charge is 2.15. The van der Waals surface area contributed by atoms with Crippen LogP contribution in [0, 0.1) is 0 Å². The molecule has 0 saturated heterocycles. The molecular formula is C18H22O. The maximum atomic E-state index is 10.1. The third-order valence-corrected chi connectivity index (χ3v) is 3.72. The average molecular weight is 254 g/mol. The van der Waals surface area contributed by atoms with E-state index in [-0.39, 0.29) is 0 Å². The second-order valence-electron chi connectivity index (χ2n) is 5.00. The summed E-state index contributed by atoms with van der Waals surface area (Å²) in [5.41, 5.74) is 3.46. The maximum Gasteiger partial charge on any atom is 0.123 e. The first-order valence-corrected chi connectivity index (χ1v) is 7.15. The fourth-order valence-corrected chi connectivity index (χ4v) is 2.73. The van der Waals surface area contributed by atoms with Gasteiger partial charge in [-0.2, -0.15) is 0 Å². The van der Waals surface area contributed by atoms with Crippen LogP contribution in [0.1, 0.15) is 44.6 Å². The molecule has 1 atom stereocenters. The van der Waals surface area contributed by atoms with Gasteiger partial charge in [-0.05, 0) is 36.0 Å². The van der Waals surface area contributed by atoms with Crippen LogP contribution in [-0.2, 0) is 0 Å². The Bertz CT molecular complexity index is 531. The van der Waals surface area contributed by atoms with Crippen LogP contribution in [0.25, 0.3) is 11.1 Å². The molecule has 1 nitrogen and oxygen atoms in total. The number of hydrogen-bond acceptors (Lipinski definition) is 1. The molecule has 2 aromatic rings. The van der Waals surface area contributed by atoms with E-state index in [0.717, 1.165) is 12.0 Å². The number of rotatable bonds is 5. The smallest absolute Gasteiger partial charge is 0.123 e. The van der Waals surface area contributed by atoms with Crippen molar-refractivity contribution in [2.24, 2.45) is 0 Å². The van der Waals surface area contributed by atoms with E-state index in [1.165, 1.54) is 24.0 Å². The van der Waals surface area contributed by atoms with Crippen LogP contribution >= 0.6 is 0 Å². The van der Waals surface area contributed by atoms with E-state index in [0.29, 0.717) is 11.7 Å². The Hall–Kier alpha value is -1.76. The van der Waals surface area contributed by atoms with Gasteiger partial charge in [0, 0.05) is 5.56 Å². The lowest BCUT2D eigenvalue weighted by Crippen LogP contribution is -1.99. The molecule has 0 aliphatic carbocycles. The molecule has 1 heteroatoms. The van der Waals surface area contributed by atoms with Crippen LogP contribution in [0.15, 0.2) is 48.5 Å². The topological polar surface area (TPSA) is 20.2 Å². The summed E-state index contributed by atoms with van der Waals surface area (Å²) in [7, 11) is 0. The summed E-state index contributed by atoms with van der Waals surface area (Å²) in [5.74, 6) is 0.933. The summed E-state index contributed by atoms with van der Waals surface area (Å²) in [6.45, 7) is 4.47. The van der Waals surface area contributed by atoms with Crippen LogP contribution in [-0.4, -0.2) is 5.11 Å². The molecule has 0 amide bonds. The Kier molecular flexibility index (Phi) is 4.62. The number of para-hydroxylation sites is 1. The second-order valence-corrected chi connectivity index (χ2v) is 5.00. The molecule has 2 aromatic carbocycles. The Morgan fingerprint density at radius 1 is 0.895 bits per heavy atom. The average Bonchev–Trinajstić information content (AvgIpc) is 2.45. The van der Waals surface area contributed by atoms with Crippen LogP contribution in [0.2, 0.25) is 0 Å². The number of phenols is 1. The molecule has 0 aliphatic rings. The van der Waals surface area contributed by atoms with Gasteiger partial charge in [-0.1, -0.05) is 62.7 Å². The molecule has 0 bridgehead atoms. The molecule has 0 aromatic heterocycles. The van der Waals surface area contributed by atoms with Gasteiger partial charge in [0.15, 0.2) is 0 Å². The van der Waals surface area contributed by atoms with Crippen molar-refractivity contribution in [1.29, 1.82) is 0 Å². The van der Waals surface area contributed by atoms with Crippen LogP contribution < -0.4 is 0 Å². The van der Waals surface area contributed by atoms with E-state index in [1.54, 1.807) is 6.07 Å². The van der Waals surface area contributed by atoms with Gasteiger partial charge in [0.05, 0.1) is 0 Å². The van der Waals surface area contributed by atoms with Crippen molar-refractivity contribution in [3.63, 3.8) is 0 Å². The van der Waals surface area contributed by atoms with Gasteiger partial charge in [0.2, 0.25) is 0 Å². The van der Waals surface area contributed by atoms with Crippen molar-refractivity contribution < 1.29 is 5.11 Å². The lowest BCUT2D eigenvalue weighted by molar-refractivity contribution is 0.477. The highest BCUT2D eigenvalue weighted by Crippen LogP contribution is 2.37. The van der Waals surface area contributed by atoms with Gasteiger partial charge in [-0.3, -0.25) is 0 Å². The molecule has 0 heterocycles. The van der Waals surface area contributed by atoms with Gasteiger partial charge in [0.25, 0.3) is 0 Å². The highest BCUT2D eigenvalue weighted by molar-refractivity contribution is 5.73. The normalized spacial score (nSPS) is 12.3. The molecule has 2 rings (SSSR count). The molecule has 1 unspecified atom stereocenters. The molecule has 0 aliphatic heterocycles. The lowest BCUT2D eigenvalue weighted by atomic mass is 9.86. The first-order chi connectivity index (χ1) is 9.27. The van der Waals surface area contributed by atoms with Crippen LogP contribution in [0.4, 0.5) is 0 Å². The summed E-state index contributed by atoms with van der Waals surface area (Å²) in [4.78, 5) is 0. The zero-order valence-corrected chi connectivity index (χ0v) is 11.8. The number of aromatic hydroxyl groups is 1. The maximum absolute atomic E-state index is 10.1. The number of benzene rings is 2. The zero-order valence-electron chi connectivity index (χ0n) is 11.8. The zero-order chi connectivity index (χ0) is 13.7. The summed E-state index contributed by atoms with van der Waals surface area (Å²) < 4.78 is 0. The minimum atomic E-state index is 0.362. The van der Waals surface area contributed by atoms with Gasteiger partial charge in [-0.15, -0.1) is 0 Å². The van der Waals surface area contributed by atoms with Gasteiger partial charge in [0.1, 0.15) is 5.75 Å². The monoisotopic (exact) mass is 254 g/mol. The van der Waals surface area contributed by atoms with Gasteiger partial charge < -0.3 is 5.11 Å². The molecular weight excluding hydrogens is 232 g/mol. The van der Waals surface area contributed by atoms with E-state index in [1.807, 2.05) is 24.3 Å². The fourth-order valence-electron chi connectivity index (χ4n) is 2.73. The second kappa shape index (κ2) is 6.42. The summed E-state index contributed by atoms with van der Waals surface area (Å²) in [5, 5.41) is 10.1. The summed E-state index contributed by atoms with van der Waals surface area (Å²) in [6.07, 6.45) is 3.52. The van der Waals surface area contributed by atoms with Gasteiger partial charge in [-0.25, -0.2) is 0 Å². The third kappa shape index (κ3) is 2.98.